The van der Waals surface area contributed by atoms with Gasteiger partial charge in [-0.05, 0) is 84.0 Å². The summed E-state index contributed by atoms with van der Waals surface area (Å²) in [6, 6.07) is 5.14. The molecule has 0 bridgehead atoms. The Balaban J connectivity index is 2.95. The minimum atomic E-state index is -0.917. The minimum absolute atomic E-state index is 0.00281. The molecule has 7 N–H and O–H groups in total. The first-order chi connectivity index (χ1) is 25.3. The molecule has 54 heavy (non-hydrogen) atoms. The van der Waals surface area contributed by atoms with E-state index >= 15 is 0 Å². The lowest BCUT2D eigenvalue weighted by molar-refractivity contribution is -0.134. The number of alkyl carbamates (subject to hydrolysis) is 1. The van der Waals surface area contributed by atoms with Gasteiger partial charge < -0.3 is 51.5 Å². The molecule has 0 spiro atoms. The number of unbranched alkanes of at least 4 members (excludes halogenated alkanes) is 1. The van der Waals surface area contributed by atoms with Crippen molar-refractivity contribution >= 4 is 47.3 Å². The highest BCUT2D eigenvalue weighted by molar-refractivity contribution is 5.98. The van der Waals surface area contributed by atoms with Crippen LogP contribution < -0.4 is 32.3 Å². The number of urea groups is 1. The molecule has 3 atom stereocenters. The number of nitrogens with zero attached hydrogens (tertiary/aromatic N) is 1. The number of nitrogens with two attached hydrogens (primary N) is 1. The van der Waals surface area contributed by atoms with Gasteiger partial charge in [-0.15, -0.1) is 0 Å². The monoisotopic (exact) mass is 761 g/mol. The van der Waals surface area contributed by atoms with Crippen molar-refractivity contribution in [1.82, 2.24) is 26.2 Å². The molecule has 0 aliphatic rings. The maximum atomic E-state index is 13.8. The van der Waals surface area contributed by atoms with E-state index in [4.69, 9.17) is 15.2 Å². The summed E-state index contributed by atoms with van der Waals surface area (Å²) in [4.78, 5) is 89.6. The summed E-state index contributed by atoms with van der Waals surface area (Å²) in [6.45, 7) is 12.0. The number of ether oxygens (including phenoxy) is 2. The normalized spacial score (nSPS) is 12.8. The van der Waals surface area contributed by atoms with E-state index in [-0.39, 0.29) is 49.9 Å². The highest BCUT2D eigenvalue weighted by Gasteiger charge is 2.31. The summed E-state index contributed by atoms with van der Waals surface area (Å²) >= 11 is 0. The van der Waals surface area contributed by atoms with E-state index in [1.165, 1.54) is 11.8 Å². The van der Waals surface area contributed by atoms with Gasteiger partial charge in [0.05, 0.1) is 6.04 Å². The van der Waals surface area contributed by atoms with Crippen molar-refractivity contribution < 1.29 is 43.0 Å². The number of amides is 6. The summed E-state index contributed by atoms with van der Waals surface area (Å²) in [7, 11) is 3.43. The number of hydrogen-bond acceptors (Lipinski definition) is 10. The molecule has 1 rings (SSSR count). The molecule has 0 fully saturated rings. The van der Waals surface area contributed by atoms with Gasteiger partial charge in [-0.1, -0.05) is 32.4 Å². The van der Waals surface area contributed by atoms with Crippen LogP contribution in [-0.4, -0.2) is 98.4 Å². The topological polar surface area (TPSA) is 227 Å². The fraction of sp³-hybridized carbons (Fsp3) is 0.658. The molecule has 0 saturated carbocycles. The quantitative estimate of drug-likeness (QED) is 0.0834. The molecule has 1 aromatic carbocycles. The van der Waals surface area contributed by atoms with Gasteiger partial charge in [-0.2, -0.15) is 0 Å². The summed E-state index contributed by atoms with van der Waals surface area (Å²) in [5.74, 6) is -3.16. The molecule has 0 unspecified atom stereocenters. The van der Waals surface area contributed by atoms with Crippen LogP contribution in [0.3, 0.4) is 0 Å². The second-order valence-electron chi connectivity index (χ2n) is 14.8. The van der Waals surface area contributed by atoms with Crippen LogP contribution in [0.5, 0.6) is 0 Å². The standard InChI is InChI=1S/C38H63N7O9/c1-25(2)32(44-34(49)28(22-26(3)46)12-9-10-18-42-36(51)54-38(4,5)6)31(47)23-29(13-11-19-41-35(39)50)33(48)43-30-16-14-27(15-17-30)24-53-37(52)45(8)21-20-40-7/h14-17,25,28-29,32,40H,9-13,18-24H2,1-8H3,(H,42,51)(H,43,48)(H,44,49)(H3,39,41,50)/t28-,29-,32+/m1/s1. The Bertz CT molecular complexity index is 1380. The number of Topliss-reactive ketones (excluding diaryl/α,β-unsaturated/α-hetero) is 2. The smallest absolute Gasteiger partial charge is 0.409 e. The molecule has 0 saturated heterocycles. The first-order valence-corrected chi connectivity index (χ1v) is 18.6. The largest absolute Gasteiger partial charge is 0.445 e. The number of likely N-dealkylation sites (N-methyl/N-ethyl adjacent to an activating group) is 2. The van der Waals surface area contributed by atoms with Crippen LogP contribution in [0.25, 0.3) is 0 Å². The molecular weight excluding hydrogens is 698 g/mol. The van der Waals surface area contributed by atoms with Crippen LogP contribution in [0.15, 0.2) is 24.3 Å². The van der Waals surface area contributed by atoms with Gasteiger partial charge in [0.15, 0.2) is 5.78 Å². The molecule has 0 aromatic heterocycles. The third-order valence-corrected chi connectivity index (χ3v) is 8.30. The second kappa shape index (κ2) is 24.6. The lowest BCUT2D eigenvalue weighted by Gasteiger charge is -2.26. The molecule has 304 valence electrons. The maximum Gasteiger partial charge on any atom is 0.409 e. The summed E-state index contributed by atoms with van der Waals surface area (Å²) in [5.41, 5.74) is 5.75. The number of primary amides is 1. The number of ketones is 2. The van der Waals surface area contributed by atoms with Gasteiger partial charge in [0, 0.05) is 63.6 Å². The summed E-state index contributed by atoms with van der Waals surface area (Å²) in [5, 5.41) is 13.8. The van der Waals surface area contributed by atoms with Crippen LogP contribution in [0.2, 0.25) is 0 Å². The van der Waals surface area contributed by atoms with E-state index in [9.17, 15) is 33.6 Å². The number of hydrogen-bond donors (Lipinski definition) is 6. The summed E-state index contributed by atoms with van der Waals surface area (Å²) < 4.78 is 10.6. The van der Waals surface area contributed by atoms with E-state index in [2.05, 4.69) is 26.6 Å². The lowest BCUT2D eigenvalue weighted by atomic mass is 9.88. The van der Waals surface area contributed by atoms with Gasteiger partial charge in [0.2, 0.25) is 11.8 Å². The Morgan fingerprint density at radius 1 is 0.833 bits per heavy atom. The fourth-order valence-corrected chi connectivity index (χ4v) is 5.39. The molecule has 6 amide bonds. The molecule has 16 heteroatoms. The number of anilines is 1. The minimum Gasteiger partial charge on any atom is -0.445 e. The van der Waals surface area contributed by atoms with E-state index < -0.39 is 53.5 Å². The van der Waals surface area contributed by atoms with Crippen LogP contribution in [0.4, 0.5) is 20.1 Å². The van der Waals surface area contributed by atoms with Crippen molar-refractivity contribution in [3.8, 4) is 0 Å². The van der Waals surface area contributed by atoms with E-state index in [1.807, 2.05) is 0 Å². The summed E-state index contributed by atoms with van der Waals surface area (Å²) in [6.07, 6.45) is 0.893. The van der Waals surface area contributed by atoms with Crippen LogP contribution in [0.1, 0.15) is 92.1 Å². The van der Waals surface area contributed by atoms with Crippen molar-refractivity contribution in [3.05, 3.63) is 29.8 Å². The molecule has 0 heterocycles. The molecular formula is C38H63N7O9. The Kier molecular flexibility index (Phi) is 21.5. The van der Waals surface area contributed by atoms with E-state index in [0.717, 1.165) is 0 Å². The van der Waals surface area contributed by atoms with Gasteiger partial charge in [-0.25, -0.2) is 14.4 Å². The van der Waals surface area contributed by atoms with Gasteiger partial charge in [0.25, 0.3) is 0 Å². The number of carbonyl (C=O) groups excluding carboxylic acids is 7. The Hall–Kier alpha value is -4.73. The zero-order valence-electron chi connectivity index (χ0n) is 33.3. The lowest BCUT2D eigenvalue weighted by Crippen LogP contribution is -2.48. The molecule has 0 aliphatic carbocycles. The van der Waals surface area contributed by atoms with Crippen LogP contribution in [0, 0.1) is 17.8 Å². The zero-order valence-corrected chi connectivity index (χ0v) is 33.3. The third kappa shape index (κ3) is 20.5. The number of benzene rings is 1. The van der Waals surface area contributed by atoms with E-state index in [0.29, 0.717) is 56.6 Å². The maximum absolute atomic E-state index is 13.8. The fourth-order valence-electron chi connectivity index (χ4n) is 5.39. The van der Waals surface area contributed by atoms with Gasteiger partial charge in [0.1, 0.15) is 18.0 Å². The van der Waals surface area contributed by atoms with Crippen molar-refractivity contribution in [1.29, 1.82) is 0 Å². The van der Waals surface area contributed by atoms with Gasteiger partial charge in [-0.3, -0.25) is 14.4 Å². The second-order valence-corrected chi connectivity index (χ2v) is 14.8. The predicted octanol–water partition coefficient (Wildman–Crippen LogP) is 3.87. The highest BCUT2D eigenvalue weighted by atomic mass is 16.6. The van der Waals surface area contributed by atoms with Gasteiger partial charge >= 0.3 is 18.2 Å². The predicted molar refractivity (Wildman–Crippen MR) is 205 cm³/mol. The number of carbonyl (C=O) groups is 7. The Morgan fingerprint density at radius 3 is 2.02 bits per heavy atom. The number of nitrogens with one attached hydrogen (secondary N) is 5. The van der Waals surface area contributed by atoms with Crippen molar-refractivity contribution in [3.63, 3.8) is 0 Å². The zero-order chi connectivity index (χ0) is 40.8. The Labute approximate surface area is 319 Å². The van der Waals surface area contributed by atoms with Crippen molar-refractivity contribution in [2.75, 3.05) is 45.6 Å². The van der Waals surface area contributed by atoms with Crippen molar-refractivity contribution in [2.24, 2.45) is 23.5 Å². The SMILES string of the molecule is CNCCN(C)C(=O)OCc1ccc(NC(=O)[C@H](CCCNC(N)=O)CC(=O)[C@@H](NC(=O)[C@H](CCCCNC(=O)OC(C)(C)C)CC(C)=O)C(C)C)cc1. The average Bonchev–Trinajstić information content (AvgIpc) is 3.08. The molecule has 16 nitrogen and oxygen atoms in total. The molecule has 0 aliphatic heterocycles. The highest BCUT2D eigenvalue weighted by Crippen LogP contribution is 2.21. The van der Waals surface area contributed by atoms with Crippen LogP contribution >= 0.6 is 0 Å². The number of rotatable bonds is 24. The third-order valence-electron chi connectivity index (χ3n) is 8.30. The van der Waals surface area contributed by atoms with Crippen LogP contribution in [-0.2, 0) is 35.3 Å². The average molecular weight is 762 g/mol. The molecule has 0 radical (unpaired) electrons. The van der Waals surface area contributed by atoms with E-state index in [1.54, 1.807) is 73.0 Å². The first-order valence-electron chi connectivity index (χ1n) is 18.6. The van der Waals surface area contributed by atoms with Crippen molar-refractivity contribution in [2.45, 2.75) is 105 Å². The Morgan fingerprint density at radius 2 is 1.44 bits per heavy atom. The molecule has 1 aromatic rings. The first kappa shape index (κ1) is 47.3.